The van der Waals surface area contributed by atoms with Gasteiger partial charge in [0.25, 0.3) is 0 Å². The molecule has 0 aromatic heterocycles. The molecule has 3 aliphatic rings. The van der Waals surface area contributed by atoms with Crippen LogP contribution in [-0.2, 0) is 30.3 Å². The van der Waals surface area contributed by atoms with E-state index in [0.29, 0.717) is 6.42 Å². The molecule has 2 aromatic rings. The van der Waals surface area contributed by atoms with E-state index in [1.165, 1.54) is 32.2 Å². The van der Waals surface area contributed by atoms with Gasteiger partial charge in [-0.25, -0.2) is 0 Å². The molecule has 0 unspecified atom stereocenters. The van der Waals surface area contributed by atoms with Crippen LogP contribution in [0.15, 0.2) is 18.2 Å². The Morgan fingerprint density at radius 3 is 2.39 bits per heavy atom. The maximum absolute atomic E-state index is 13.8. The molecule has 2 aromatic carbocycles. The summed E-state index contributed by atoms with van der Waals surface area (Å²) in [4.78, 5) is 63.9. The summed E-state index contributed by atoms with van der Waals surface area (Å²) >= 11 is 0. The molecule has 13 nitrogen and oxygen atoms in total. The third-order valence-corrected chi connectivity index (χ3v) is 9.03. The van der Waals surface area contributed by atoms with Crippen LogP contribution in [0.25, 0.3) is 0 Å². The van der Waals surface area contributed by atoms with Crippen LogP contribution >= 0.6 is 0 Å². The molecule has 0 radical (unpaired) electrons. The van der Waals surface area contributed by atoms with Crippen LogP contribution in [0, 0.1) is 0 Å². The lowest BCUT2D eigenvalue weighted by Gasteiger charge is -2.42. The topological polar surface area (TPSA) is 206 Å². The zero-order chi connectivity index (χ0) is 33.7. The average Bonchev–Trinajstić information content (AvgIpc) is 2.99. The standard InChI is InChI=1S/C33H37NO12/c1-14(35)7-5-10-22(37)34-19-11-23(45-15(2)28(19)38)46-21-13-33(43,16(3)36)12-18-25(21)32(42)27-26(30(18)40)29(39)17-8-6-9-20(44-4)24(17)31(27)41/h6,8-9,15,19,21,23,28,38,40,42-43H,5,7,10-13H2,1-4H3,(H,34,37)/t15-,19-,21-,23-,28+,33-/m0/s1. The van der Waals surface area contributed by atoms with Crippen molar-refractivity contribution in [1.29, 1.82) is 0 Å². The van der Waals surface area contributed by atoms with Gasteiger partial charge in [-0.1, -0.05) is 12.1 Å². The number of aromatic hydroxyl groups is 2. The van der Waals surface area contributed by atoms with Crippen molar-refractivity contribution in [2.24, 2.45) is 0 Å². The van der Waals surface area contributed by atoms with Gasteiger partial charge in [0.15, 0.2) is 17.9 Å². The second-order valence-corrected chi connectivity index (χ2v) is 12.2. The van der Waals surface area contributed by atoms with Crippen LogP contribution in [0.2, 0.25) is 0 Å². The predicted molar refractivity (Wildman–Crippen MR) is 159 cm³/mol. The molecule has 46 heavy (non-hydrogen) atoms. The Hall–Kier alpha value is -4.17. The Balaban J connectivity index is 1.52. The number of aliphatic hydroxyl groups is 2. The van der Waals surface area contributed by atoms with Gasteiger partial charge in [0.1, 0.15) is 34.7 Å². The summed E-state index contributed by atoms with van der Waals surface area (Å²) in [6.07, 6.45) is -4.77. The molecule has 1 aliphatic heterocycles. The van der Waals surface area contributed by atoms with E-state index in [1.807, 2.05) is 0 Å². The molecule has 1 amide bonds. The first-order valence-electron chi connectivity index (χ1n) is 15.1. The number of phenols is 2. The van der Waals surface area contributed by atoms with Crippen LogP contribution in [-0.4, -0.2) is 86.7 Å². The van der Waals surface area contributed by atoms with Gasteiger partial charge in [0.05, 0.1) is 42.0 Å². The monoisotopic (exact) mass is 639 g/mol. The normalized spacial score (nSPS) is 26.9. The zero-order valence-corrected chi connectivity index (χ0v) is 25.9. The van der Waals surface area contributed by atoms with Crippen molar-refractivity contribution < 1.29 is 58.6 Å². The van der Waals surface area contributed by atoms with Crippen LogP contribution in [0.3, 0.4) is 0 Å². The highest BCUT2D eigenvalue weighted by Gasteiger charge is 2.49. The SMILES string of the molecule is COc1cccc2c1C(=O)c1c(O)c3c(c(O)c1C2=O)C[C@@](O)(C(C)=O)C[C@@H]3O[C@H]1C[C@H](NC(=O)CCCC(C)=O)[C@H](O)[C@H](C)O1. The van der Waals surface area contributed by atoms with Gasteiger partial charge in [0, 0.05) is 48.8 Å². The molecule has 246 valence electrons. The van der Waals surface area contributed by atoms with E-state index in [-0.39, 0.29) is 59.0 Å². The molecule has 1 saturated heterocycles. The number of methoxy groups -OCH3 is 1. The minimum atomic E-state index is -2.08. The van der Waals surface area contributed by atoms with Crippen molar-refractivity contribution in [3.63, 3.8) is 0 Å². The first-order valence-corrected chi connectivity index (χ1v) is 15.1. The van der Waals surface area contributed by atoms with Crippen molar-refractivity contribution in [3.05, 3.63) is 51.6 Å². The van der Waals surface area contributed by atoms with Gasteiger partial charge in [-0.05, 0) is 33.3 Å². The summed E-state index contributed by atoms with van der Waals surface area (Å²) in [7, 11) is 1.32. The number of rotatable bonds is 9. The highest BCUT2D eigenvalue weighted by molar-refractivity contribution is 6.31. The van der Waals surface area contributed by atoms with Gasteiger partial charge >= 0.3 is 0 Å². The van der Waals surface area contributed by atoms with Crippen LogP contribution in [0.5, 0.6) is 17.2 Å². The Kier molecular flexibility index (Phi) is 9.06. The summed E-state index contributed by atoms with van der Waals surface area (Å²) in [6.45, 7) is 4.14. The molecular formula is C33H37NO12. The second kappa shape index (κ2) is 12.6. The van der Waals surface area contributed by atoms with Crippen LogP contribution < -0.4 is 10.1 Å². The molecule has 0 saturated carbocycles. The predicted octanol–water partition coefficient (Wildman–Crippen LogP) is 1.95. The highest BCUT2D eigenvalue weighted by Crippen LogP contribution is 2.52. The fourth-order valence-electron chi connectivity index (χ4n) is 6.54. The number of phenolic OH excluding ortho intramolecular Hbond substituents is 2. The molecular weight excluding hydrogens is 602 g/mol. The van der Waals surface area contributed by atoms with E-state index in [0.717, 1.165) is 6.92 Å². The Morgan fingerprint density at radius 1 is 1.04 bits per heavy atom. The van der Waals surface area contributed by atoms with E-state index < -0.39 is 89.1 Å². The first kappa shape index (κ1) is 33.2. The number of carbonyl (C=O) groups excluding carboxylic acids is 5. The van der Waals surface area contributed by atoms with E-state index >= 15 is 0 Å². The Morgan fingerprint density at radius 2 is 1.74 bits per heavy atom. The van der Waals surface area contributed by atoms with Crippen LogP contribution in [0.1, 0.15) is 102 Å². The fourth-order valence-corrected chi connectivity index (χ4v) is 6.54. The van der Waals surface area contributed by atoms with Gasteiger partial charge in [-0.3, -0.25) is 19.2 Å². The summed E-state index contributed by atoms with van der Waals surface area (Å²) in [5.41, 5.74) is -3.40. The minimum Gasteiger partial charge on any atom is -0.507 e. The lowest BCUT2D eigenvalue weighted by molar-refractivity contribution is -0.249. The summed E-state index contributed by atoms with van der Waals surface area (Å²) < 4.78 is 17.4. The minimum absolute atomic E-state index is 0.0468. The lowest BCUT2D eigenvalue weighted by Crippen LogP contribution is -2.55. The van der Waals surface area contributed by atoms with E-state index in [9.17, 15) is 44.4 Å². The fraction of sp³-hybridized carbons (Fsp3) is 0.485. The molecule has 5 rings (SSSR count). The number of hydrogen-bond acceptors (Lipinski definition) is 12. The molecule has 13 heteroatoms. The van der Waals surface area contributed by atoms with Gasteiger partial charge in [-0.15, -0.1) is 0 Å². The molecule has 5 N–H and O–H groups in total. The third-order valence-electron chi connectivity index (χ3n) is 9.03. The lowest BCUT2D eigenvalue weighted by atomic mass is 9.72. The molecule has 1 heterocycles. The first-order chi connectivity index (χ1) is 21.7. The van der Waals surface area contributed by atoms with Gasteiger partial charge < -0.3 is 44.7 Å². The van der Waals surface area contributed by atoms with E-state index in [4.69, 9.17) is 14.2 Å². The van der Waals surface area contributed by atoms with E-state index in [2.05, 4.69) is 5.32 Å². The van der Waals surface area contributed by atoms with E-state index in [1.54, 1.807) is 6.92 Å². The largest absolute Gasteiger partial charge is 0.507 e. The Bertz CT molecular complexity index is 1630. The highest BCUT2D eigenvalue weighted by atomic mass is 16.7. The summed E-state index contributed by atoms with van der Waals surface area (Å²) in [5, 5.41) is 48.0. The summed E-state index contributed by atoms with van der Waals surface area (Å²) in [6, 6.07) is 3.55. The molecule has 0 bridgehead atoms. The number of amides is 1. The number of hydrogen-bond donors (Lipinski definition) is 5. The van der Waals surface area contributed by atoms with Crippen molar-refractivity contribution in [1.82, 2.24) is 5.32 Å². The summed E-state index contributed by atoms with van der Waals surface area (Å²) in [5.74, 6) is -3.88. The smallest absolute Gasteiger partial charge is 0.220 e. The second-order valence-electron chi connectivity index (χ2n) is 12.2. The van der Waals surface area contributed by atoms with Gasteiger partial charge in [-0.2, -0.15) is 0 Å². The zero-order valence-electron chi connectivity index (χ0n) is 25.9. The number of ketones is 4. The number of nitrogens with one attached hydrogen (secondary N) is 1. The van der Waals surface area contributed by atoms with Crippen molar-refractivity contribution in [3.8, 4) is 17.2 Å². The average molecular weight is 640 g/mol. The van der Waals surface area contributed by atoms with Crippen molar-refractivity contribution in [2.75, 3.05) is 7.11 Å². The number of aliphatic hydroxyl groups excluding tert-OH is 1. The Labute approximate surface area is 264 Å². The molecule has 1 fully saturated rings. The number of Topliss-reactive ketones (excluding diaryl/α,β-unsaturated/α-hetero) is 2. The number of benzene rings is 2. The molecule has 2 aliphatic carbocycles. The third kappa shape index (κ3) is 5.79. The maximum Gasteiger partial charge on any atom is 0.220 e. The molecule has 0 spiro atoms. The maximum atomic E-state index is 13.8. The van der Waals surface area contributed by atoms with Crippen molar-refractivity contribution >= 4 is 29.0 Å². The molecule has 6 atom stereocenters. The number of fused-ring (bicyclic) bond motifs is 3. The number of ether oxygens (including phenoxy) is 3. The van der Waals surface area contributed by atoms with Crippen molar-refractivity contribution in [2.45, 2.75) is 95.5 Å². The quantitative estimate of drug-likeness (QED) is 0.213. The number of carbonyl (C=O) groups is 5. The van der Waals surface area contributed by atoms with Crippen LogP contribution in [0.4, 0.5) is 0 Å². The van der Waals surface area contributed by atoms with Gasteiger partial charge in [0.2, 0.25) is 11.7 Å².